The van der Waals surface area contributed by atoms with Crippen molar-refractivity contribution in [1.82, 2.24) is 0 Å². The maximum absolute atomic E-state index is 12.6. The zero-order valence-corrected chi connectivity index (χ0v) is 20.4. The third-order valence-corrected chi connectivity index (χ3v) is 6.41. The number of nitrogens with one attached hydrogen (secondary N) is 2. The normalized spacial score (nSPS) is 10.7. The van der Waals surface area contributed by atoms with Crippen molar-refractivity contribution in [2.45, 2.75) is 24.7 Å². The molecular weight excluding hydrogens is 456 g/mol. The molecule has 4 aromatic rings. The first-order chi connectivity index (χ1) is 17.1. The Balaban J connectivity index is 1.25. The average molecular weight is 485 g/mol. The highest BCUT2D eigenvalue weighted by molar-refractivity contribution is 8.00. The number of anilines is 2. The lowest BCUT2D eigenvalue weighted by molar-refractivity contribution is -0.113. The average Bonchev–Trinajstić information content (AvgIpc) is 2.89. The van der Waals surface area contributed by atoms with E-state index in [9.17, 15) is 9.59 Å². The van der Waals surface area contributed by atoms with Gasteiger partial charge in [0.05, 0.1) is 12.4 Å². The van der Waals surface area contributed by atoms with Crippen molar-refractivity contribution in [3.63, 3.8) is 0 Å². The molecule has 6 heteroatoms. The van der Waals surface area contributed by atoms with E-state index >= 15 is 0 Å². The van der Waals surface area contributed by atoms with Crippen LogP contribution in [-0.4, -0.2) is 24.2 Å². The predicted molar refractivity (Wildman–Crippen MR) is 145 cm³/mol. The lowest BCUT2D eigenvalue weighted by Crippen LogP contribution is -2.14. The van der Waals surface area contributed by atoms with E-state index in [1.807, 2.05) is 91.0 Å². The molecule has 2 amide bonds. The van der Waals surface area contributed by atoms with Crippen LogP contribution in [0.4, 0.5) is 11.4 Å². The van der Waals surface area contributed by atoms with Crippen LogP contribution in [-0.2, 0) is 4.79 Å². The van der Waals surface area contributed by atoms with Gasteiger partial charge in [-0.2, -0.15) is 0 Å². The summed E-state index contributed by atoms with van der Waals surface area (Å²) in [6.45, 7) is 2.82. The molecule has 4 rings (SSSR count). The van der Waals surface area contributed by atoms with Gasteiger partial charge in [-0.25, -0.2) is 0 Å². The minimum atomic E-state index is -0.155. The molecule has 4 aromatic carbocycles. The number of unbranched alkanes of at least 4 members (excludes halogenated alkanes) is 1. The van der Waals surface area contributed by atoms with E-state index in [4.69, 9.17) is 4.74 Å². The number of rotatable bonds is 10. The van der Waals surface area contributed by atoms with Gasteiger partial charge < -0.3 is 15.4 Å². The maximum atomic E-state index is 12.6. The molecule has 0 aromatic heterocycles. The number of carbonyl (C=O) groups is 2. The molecule has 0 heterocycles. The highest BCUT2D eigenvalue weighted by atomic mass is 32.2. The zero-order valence-electron chi connectivity index (χ0n) is 19.6. The molecule has 0 aliphatic heterocycles. The van der Waals surface area contributed by atoms with Gasteiger partial charge in [0.25, 0.3) is 5.91 Å². The minimum Gasteiger partial charge on any atom is -0.494 e. The molecule has 0 radical (unpaired) electrons. The summed E-state index contributed by atoms with van der Waals surface area (Å²) in [5.74, 6) is 0.858. The Morgan fingerprint density at radius 3 is 2.23 bits per heavy atom. The molecule has 0 aliphatic rings. The van der Waals surface area contributed by atoms with Crippen molar-refractivity contribution >= 4 is 45.7 Å². The third-order valence-electron chi connectivity index (χ3n) is 5.40. The second kappa shape index (κ2) is 12.1. The van der Waals surface area contributed by atoms with Crippen LogP contribution in [0, 0.1) is 0 Å². The van der Waals surface area contributed by atoms with Gasteiger partial charge >= 0.3 is 0 Å². The van der Waals surface area contributed by atoms with Crippen molar-refractivity contribution in [2.24, 2.45) is 0 Å². The van der Waals surface area contributed by atoms with Crippen molar-refractivity contribution in [3.8, 4) is 5.75 Å². The molecule has 5 nitrogen and oxygen atoms in total. The molecule has 0 saturated heterocycles. The quantitative estimate of drug-likeness (QED) is 0.188. The number of amides is 2. The first-order valence-electron chi connectivity index (χ1n) is 11.7. The Bertz CT molecular complexity index is 1290. The number of hydrogen-bond acceptors (Lipinski definition) is 4. The first kappa shape index (κ1) is 24.4. The lowest BCUT2D eigenvalue weighted by atomic mass is 10.1. The lowest BCUT2D eigenvalue weighted by Gasteiger charge is -2.09. The summed E-state index contributed by atoms with van der Waals surface area (Å²) in [5, 5.41) is 7.96. The topological polar surface area (TPSA) is 67.4 Å². The number of carbonyl (C=O) groups excluding carboxylic acids is 2. The third kappa shape index (κ3) is 7.11. The highest BCUT2D eigenvalue weighted by Gasteiger charge is 2.08. The second-order valence-corrected chi connectivity index (χ2v) is 9.15. The molecule has 35 heavy (non-hydrogen) atoms. The summed E-state index contributed by atoms with van der Waals surface area (Å²) in [5.41, 5.74) is 2.06. The Kier molecular flexibility index (Phi) is 8.41. The van der Waals surface area contributed by atoms with Gasteiger partial charge in [0.2, 0.25) is 5.91 Å². The summed E-state index contributed by atoms with van der Waals surface area (Å²) in [6.07, 6.45) is 2.11. The van der Waals surface area contributed by atoms with Crippen LogP contribution in [0.1, 0.15) is 30.1 Å². The summed E-state index contributed by atoms with van der Waals surface area (Å²) >= 11 is 1.44. The molecule has 0 atom stereocenters. The van der Waals surface area contributed by atoms with Crippen LogP contribution in [0.15, 0.2) is 95.9 Å². The van der Waals surface area contributed by atoms with Crippen molar-refractivity contribution in [3.05, 3.63) is 96.6 Å². The van der Waals surface area contributed by atoms with Gasteiger partial charge in [-0.15, -0.1) is 11.8 Å². The van der Waals surface area contributed by atoms with Crippen LogP contribution in [0.2, 0.25) is 0 Å². The van der Waals surface area contributed by atoms with Gasteiger partial charge in [-0.1, -0.05) is 43.7 Å². The fourth-order valence-corrected chi connectivity index (χ4v) is 4.18. The van der Waals surface area contributed by atoms with Crippen molar-refractivity contribution in [1.29, 1.82) is 0 Å². The summed E-state index contributed by atoms with van der Waals surface area (Å²) in [7, 11) is 0. The van der Waals surface area contributed by atoms with Crippen LogP contribution in [0.3, 0.4) is 0 Å². The predicted octanol–water partition coefficient (Wildman–Crippen LogP) is 7.00. The highest BCUT2D eigenvalue weighted by Crippen LogP contribution is 2.22. The van der Waals surface area contributed by atoms with E-state index in [0.717, 1.165) is 39.9 Å². The maximum Gasteiger partial charge on any atom is 0.255 e. The fourth-order valence-electron chi connectivity index (χ4n) is 3.48. The number of fused-ring (bicyclic) bond motifs is 1. The van der Waals surface area contributed by atoms with Crippen LogP contribution < -0.4 is 15.4 Å². The summed E-state index contributed by atoms with van der Waals surface area (Å²) in [4.78, 5) is 25.9. The first-order valence-corrected chi connectivity index (χ1v) is 12.6. The van der Waals surface area contributed by atoms with Crippen LogP contribution in [0.25, 0.3) is 10.8 Å². The number of benzene rings is 4. The molecule has 0 aliphatic carbocycles. The molecule has 0 fully saturated rings. The number of hydrogen-bond donors (Lipinski definition) is 2. The van der Waals surface area contributed by atoms with Gasteiger partial charge in [0.15, 0.2) is 0 Å². The van der Waals surface area contributed by atoms with Crippen molar-refractivity contribution in [2.75, 3.05) is 23.0 Å². The van der Waals surface area contributed by atoms with E-state index in [1.54, 1.807) is 0 Å². The smallest absolute Gasteiger partial charge is 0.255 e. The summed E-state index contributed by atoms with van der Waals surface area (Å²) < 4.78 is 5.64. The van der Waals surface area contributed by atoms with Gasteiger partial charge in [0.1, 0.15) is 5.75 Å². The Hall–Kier alpha value is -3.77. The van der Waals surface area contributed by atoms with Gasteiger partial charge in [-0.3, -0.25) is 9.59 Å². The standard InChI is InChI=1S/C29H28N2O3S/c1-2-3-18-34-26-14-10-24(11-15-26)30-28(32)20-35-27-16-12-25(13-17-27)31-29(33)23-9-8-21-6-4-5-7-22(21)19-23/h4-17,19H,2-3,18,20H2,1H3,(H,30,32)(H,31,33). The van der Waals surface area contributed by atoms with E-state index in [0.29, 0.717) is 17.9 Å². The van der Waals surface area contributed by atoms with E-state index < -0.39 is 0 Å². The summed E-state index contributed by atoms with van der Waals surface area (Å²) in [6, 6.07) is 28.5. The monoisotopic (exact) mass is 484 g/mol. The van der Waals surface area contributed by atoms with Crippen LogP contribution in [0.5, 0.6) is 5.75 Å². The second-order valence-electron chi connectivity index (χ2n) is 8.10. The van der Waals surface area contributed by atoms with E-state index in [1.165, 1.54) is 11.8 Å². The number of ether oxygens (including phenoxy) is 1. The Morgan fingerprint density at radius 1 is 0.800 bits per heavy atom. The molecular formula is C29H28N2O3S. The molecule has 0 bridgehead atoms. The Labute approximate surface area is 209 Å². The molecule has 0 unspecified atom stereocenters. The molecule has 0 spiro atoms. The van der Waals surface area contributed by atoms with Gasteiger partial charge in [0, 0.05) is 21.8 Å². The van der Waals surface area contributed by atoms with Crippen LogP contribution >= 0.6 is 11.8 Å². The van der Waals surface area contributed by atoms with E-state index in [-0.39, 0.29) is 17.6 Å². The number of thioether (sulfide) groups is 1. The molecule has 2 N–H and O–H groups in total. The van der Waals surface area contributed by atoms with Gasteiger partial charge in [-0.05, 0) is 77.9 Å². The minimum absolute atomic E-state index is 0.0802. The fraction of sp³-hybridized carbons (Fsp3) is 0.172. The largest absolute Gasteiger partial charge is 0.494 e. The van der Waals surface area contributed by atoms with E-state index in [2.05, 4.69) is 17.6 Å². The zero-order chi connectivity index (χ0) is 24.5. The molecule has 178 valence electrons. The molecule has 0 saturated carbocycles. The SMILES string of the molecule is CCCCOc1ccc(NC(=O)CSc2ccc(NC(=O)c3ccc4ccccc4c3)cc2)cc1. The Morgan fingerprint density at radius 2 is 1.49 bits per heavy atom. The van der Waals surface area contributed by atoms with Crippen molar-refractivity contribution < 1.29 is 14.3 Å².